The summed E-state index contributed by atoms with van der Waals surface area (Å²) in [5.41, 5.74) is 8.71. The maximum Gasteiger partial charge on any atom is 0.406 e. The Kier molecular flexibility index (Phi) is 10.2. The van der Waals surface area contributed by atoms with Crippen LogP contribution in [0.15, 0.2) is 42.6 Å². The number of rotatable bonds is 9. The lowest BCUT2D eigenvalue weighted by atomic mass is 10.0. The molecule has 3 aromatic rings. The number of benzene rings is 1. The van der Waals surface area contributed by atoms with Crippen LogP contribution in [0.2, 0.25) is 0 Å². The molecule has 2 aliphatic rings. The van der Waals surface area contributed by atoms with E-state index in [2.05, 4.69) is 32.8 Å². The number of likely N-dealkylation sites (tertiary alicyclic amines) is 1. The molecule has 46 heavy (non-hydrogen) atoms. The number of hydrogen-bond acceptors (Lipinski definition) is 7. The Morgan fingerprint density at radius 2 is 1.91 bits per heavy atom. The number of alkyl halides is 3. The minimum atomic E-state index is -4.40. The van der Waals surface area contributed by atoms with E-state index in [0.717, 1.165) is 29.8 Å². The molecule has 5 rings (SSSR count). The van der Waals surface area contributed by atoms with Gasteiger partial charge in [0, 0.05) is 49.7 Å². The number of pyridine rings is 1. The van der Waals surface area contributed by atoms with E-state index in [0.29, 0.717) is 49.3 Å². The Labute approximate surface area is 266 Å². The zero-order valence-electron chi connectivity index (χ0n) is 26.2. The minimum absolute atomic E-state index is 0.0407. The van der Waals surface area contributed by atoms with Gasteiger partial charge in [0.1, 0.15) is 6.54 Å². The molecule has 0 bridgehead atoms. The number of carbonyl (C=O) groups excluding carboxylic acids is 2. The quantitative estimate of drug-likeness (QED) is 0.266. The van der Waals surface area contributed by atoms with Gasteiger partial charge in [0.05, 0.1) is 48.4 Å². The van der Waals surface area contributed by atoms with E-state index in [9.17, 15) is 22.8 Å². The second-order valence-corrected chi connectivity index (χ2v) is 12.5. The lowest BCUT2D eigenvalue weighted by molar-refractivity contribution is -0.140. The van der Waals surface area contributed by atoms with Crippen molar-refractivity contribution in [2.75, 3.05) is 51.1 Å². The highest BCUT2D eigenvalue weighted by molar-refractivity contribution is 5.83. The summed E-state index contributed by atoms with van der Waals surface area (Å²) in [4.78, 5) is 32.4. The van der Waals surface area contributed by atoms with Gasteiger partial charge < -0.3 is 31.2 Å². The van der Waals surface area contributed by atoms with Gasteiger partial charge in [-0.05, 0) is 68.5 Å². The molecular weight excluding hydrogens is 597 g/mol. The monoisotopic (exact) mass is 638 g/mol. The molecule has 4 heterocycles. The summed E-state index contributed by atoms with van der Waals surface area (Å²) < 4.78 is 41.8. The highest BCUT2D eigenvalue weighted by Gasteiger charge is 2.30. The van der Waals surface area contributed by atoms with E-state index >= 15 is 0 Å². The number of fused-ring (bicyclic) bond motifs is 1. The molecule has 0 spiro atoms. The molecule has 246 valence electrons. The van der Waals surface area contributed by atoms with Gasteiger partial charge in [-0.1, -0.05) is 12.0 Å². The number of nitrogens with one attached hydrogen (secondary N) is 3. The van der Waals surface area contributed by atoms with Gasteiger partial charge in [-0.15, -0.1) is 0 Å². The molecule has 2 saturated heterocycles. The Balaban J connectivity index is 1.17. The van der Waals surface area contributed by atoms with Crippen LogP contribution in [0, 0.1) is 11.8 Å². The van der Waals surface area contributed by atoms with Crippen LogP contribution >= 0.6 is 0 Å². The van der Waals surface area contributed by atoms with E-state index in [-0.39, 0.29) is 37.5 Å². The first-order valence-electron chi connectivity index (χ1n) is 15.5. The van der Waals surface area contributed by atoms with Gasteiger partial charge >= 0.3 is 6.18 Å². The van der Waals surface area contributed by atoms with Crippen molar-refractivity contribution in [2.24, 2.45) is 5.73 Å². The third kappa shape index (κ3) is 8.99. The molecule has 0 radical (unpaired) electrons. The van der Waals surface area contributed by atoms with Crippen LogP contribution in [-0.2, 0) is 28.2 Å². The third-order valence-electron chi connectivity index (χ3n) is 8.24. The number of nitrogens with zero attached hydrogens (tertiary/aromatic N) is 4. The summed E-state index contributed by atoms with van der Waals surface area (Å²) in [5, 5.41) is 10.1. The summed E-state index contributed by atoms with van der Waals surface area (Å²) in [6.45, 7) is 6.40. The number of anilines is 1. The van der Waals surface area contributed by atoms with Crippen LogP contribution in [0.4, 0.5) is 18.9 Å². The number of amides is 2. The van der Waals surface area contributed by atoms with Crippen LogP contribution < -0.4 is 21.7 Å². The van der Waals surface area contributed by atoms with Crippen LogP contribution in [0.5, 0.6) is 0 Å². The first-order valence-corrected chi connectivity index (χ1v) is 15.5. The van der Waals surface area contributed by atoms with Gasteiger partial charge in [0.2, 0.25) is 11.8 Å². The Bertz CT molecular complexity index is 1590. The van der Waals surface area contributed by atoms with Crippen molar-refractivity contribution < 1.29 is 22.8 Å². The smallest absolute Gasteiger partial charge is 0.373 e. The normalized spacial score (nSPS) is 16.7. The Morgan fingerprint density at radius 3 is 2.59 bits per heavy atom. The lowest BCUT2D eigenvalue weighted by Gasteiger charge is -2.34. The number of piperazine rings is 1. The topological polar surface area (TPSA) is 121 Å². The van der Waals surface area contributed by atoms with Crippen molar-refractivity contribution in [3.8, 4) is 11.8 Å². The predicted molar refractivity (Wildman–Crippen MR) is 171 cm³/mol. The van der Waals surface area contributed by atoms with Crippen molar-refractivity contribution >= 4 is 28.4 Å². The molecule has 0 saturated carbocycles. The fourth-order valence-electron chi connectivity index (χ4n) is 5.76. The van der Waals surface area contributed by atoms with Gasteiger partial charge in [0.25, 0.3) is 0 Å². The van der Waals surface area contributed by atoms with Crippen molar-refractivity contribution in [2.45, 2.75) is 57.5 Å². The highest BCUT2D eigenvalue weighted by Crippen LogP contribution is 2.26. The summed E-state index contributed by atoms with van der Waals surface area (Å²) in [5.74, 6) is 5.84. The van der Waals surface area contributed by atoms with Crippen molar-refractivity contribution in [1.82, 2.24) is 30.0 Å². The second kappa shape index (κ2) is 14.1. The molecule has 5 N–H and O–H groups in total. The molecule has 13 heteroatoms. The van der Waals surface area contributed by atoms with E-state index in [1.54, 1.807) is 18.3 Å². The fourth-order valence-corrected chi connectivity index (χ4v) is 5.76. The van der Waals surface area contributed by atoms with Crippen molar-refractivity contribution in [1.29, 1.82) is 0 Å². The Hall–Kier alpha value is -4.12. The standard InChI is InChI=1S/C33H41F3N8O2/c1-32(2,37)29-8-6-26(19-41-29)38-11-3-4-27-17-24-16-23(5-7-28(24)44(27)22-33(34,35)36)18-40-25-9-13-43(14-10-25)31(46)21-42-15-12-39-30(45)20-42/h5-8,16-17,19,25,38,40H,9-15,18,20-22,37H2,1-2H3,(H,39,45). The first kappa shape index (κ1) is 33.2. The summed E-state index contributed by atoms with van der Waals surface area (Å²) in [6, 6.07) is 11.1. The number of hydrogen-bond donors (Lipinski definition) is 4. The Morgan fingerprint density at radius 1 is 1.13 bits per heavy atom. The van der Waals surface area contributed by atoms with Gasteiger partial charge in [-0.25, -0.2) is 0 Å². The molecule has 0 unspecified atom stereocenters. The van der Waals surface area contributed by atoms with Gasteiger partial charge in [-0.2, -0.15) is 13.2 Å². The SMILES string of the molecule is CC(C)(N)c1ccc(NCC#Cc2cc3cc(CNC4CCN(C(=O)CN5CCNC(=O)C5)CC4)ccc3n2CC(F)(F)F)cn1. The molecule has 0 aliphatic carbocycles. The first-order chi connectivity index (χ1) is 21.8. The van der Waals surface area contributed by atoms with Crippen molar-refractivity contribution in [3.63, 3.8) is 0 Å². The van der Waals surface area contributed by atoms with E-state index in [1.807, 2.05) is 47.9 Å². The lowest BCUT2D eigenvalue weighted by Crippen LogP contribution is -2.52. The summed E-state index contributed by atoms with van der Waals surface area (Å²) >= 11 is 0. The summed E-state index contributed by atoms with van der Waals surface area (Å²) in [6.07, 6.45) is -1.14. The summed E-state index contributed by atoms with van der Waals surface area (Å²) in [7, 11) is 0. The average Bonchev–Trinajstić information content (AvgIpc) is 3.33. The van der Waals surface area contributed by atoms with Crippen molar-refractivity contribution in [3.05, 3.63) is 59.5 Å². The van der Waals surface area contributed by atoms with Crippen LogP contribution in [0.3, 0.4) is 0 Å². The average molecular weight is 639 g/mol. The van der Waals surface area contributed by atoms with Crippen LogP contribution in [0.1, 0.15) is 43.6 Å². The maximum atomic E-state index is 13.5. The molecule has 0 atom stereocenters. The molecular formula is C33H41F3N8O2. The number of carbonyl (C=O) groups is 2. The number of halogens is 3. The van der Waals surface area contributed by atoms with Gasteiger partial charge in [0.15, 0.2) is 0 Å². The zero-order valence-corrected chi connectivity index (χ0v) is 26.2. The fraction of sp³-hybridized carbons (Fsp3) is 0.485. The third-order valence-corrected chi connectivity index (χ3v) is 8.24. The molecule has 2 amide bonds. The highest BCUT2D eigenvalue weighted by atomic mass is 19.4. The number of nitrogens with two attached hydrogens (primary N) is 1. The largest absolute Gasteiger partial charge is 0.406 e. The van der Waals surface area contributed by atoms with E-state index in [1.165, 1.54) is 4.57 Å². The maximum absolute atomic E-state index is 13.5. The van der Waals surface area contributed by atoms with E-state index < -0.39 is 18.3 Å². The van der Waals surface area contributed by atoms with Gasteiger partial charge in [-0.3, -0.25) is 19.5 Å². The second-order valence-electron chi connectivity index (χ2n) is 12.5. The molecule has 2 aromatic heterocycles. The number of piperidine rings is 1. The molecule has 1 aromatic carbocycles. The van der Waals surface area contributed by atoms with E-state index in [4.69, 9.17) is 5.73 Å². The van der Waals surface area contributed by atoms with Crippen LogP contribution in [0.25, 0.3) is 10.9 Å². The zero-order chi connectivity index (χ0) is 32.9. The molecule has 10 nitrogen and oxygen atoms in total. The van der Waals surface area contributed by atoms with Crippen LogP contribution in [-0.4, -0.2) is 89.2 Å². The predicted octanol–water partition coefficient (Wildman–Crippen LogP) is 2.77. The minimum Gasteiger partial charge on any atom is -0.373 e. The molecule has 2 fully saturated rings. The number of aromatic nitrogens is 2. The molecule has 2 aliphatic heterocycles.